The van der Waals surface area contributed by atoms with E-state index in [1.54, 1.807) is 6.92 Å². The monoisotopic (exact) mass is 513 g/mol. The first kappa shape index (κ1) is 27.1. The Morgan fingerprint density at radius 1 is 1.11 bits per heavy atom. The van der Waals surface area contributed by atoms with Crippen molar-refractivity contribution < 1.29 is 32.1 Å². The molecule has 1 aromatic heterocycles. The summed E-state index contributed by atoms with van der Waals surface area (Å²) in [5, 5.41) is 8.96. The maximum absolute atomic E-state index is 13.2. The SMILES string of the molecule is CC[C@@H](NC(=O)[C@H](CS(=O)(=O)CC1CC1)NC(=O)N1CCOCC1)C(=O)c1nc(C(C)(C)C)no1. The van der Waals surface area contributed by atoms with Gasteiger partial charge in [0, 0.05) is 18.5 Å². The van der Waals surface area contributed by atoms with Gasteiger partial charge < -0.3 is 24.8 Å². The number of urea groups is 1. The molecule has 0 aromatic carbocycles. The van der Waals surface area contributed by atoms with Crippen molar-refractivity contribution in [3.05, 3.63) is 11.7 Å². The first-order valence-electron chi connectivity index (χ1n) is 11.9. The molecule has 196 valence electrons. The van der Waals surface area contributed by atoms with Gasteiger partial charge in [-0.25, -0.2) is 13.2 Å². The molecule has 13 heteroatoms. The van der Waals surface area contributed by atoms with E-state index in [1.165, 1.54) is 4.90 Å². The summed E-state index contributed by atoms with van der Waals surface area (Å²) in [6.07, 6.45) is 1.88. The number of Topliss-reactive ketones (excluding diaryl/α,β-unsaturated/α-hetero) is 1. The lowest BCUT2D eigenvalue weighted by molar-refractivity contribution is -0.123. The third-order valence-electron chi connectivity index (χ3n) is 5.87. The van der Waals surface area contributed by atoms with Crippen LogP contribution in [0.1, 0.15) is 63.5 Å². The maximum atomic E-state index is 13.2. The van der Waals surface area contributed by atoms with Gasteiger partial charge in [-0.1, -0.05) is 32.9 Å². The fourth-order valence-corrected chi connectivity index (χ4v) is 5.49. The molecule has 2 atom stereocenters. The molecule has 0 bridgehead atoms. The molecule has 2 N–H and O–H groups in total. The molecule has 2 aliphatic rings. The molecule has 2 fully saturated rings. The molecule has 35 heavy (non-hydrogen) atoms. The van der Waals surface area contributed by atoms with Crippen LogP contribution >= 0.6 is 0 Å². The minimum absolute atomic E-state index is 0.0299. The van der Waals surface area contributed by atoms with Gasteiger partial charge in [0.05, 0.1) is 30.8 Å². The van der Waals surface area contributed by atoms with E-state index in [9.17, 15) is 22.8 Å². The Kier molecular flexibility index (Phi) is 8.52. The van der Waals surface area contributed by atoms with E-state index < -0.39 is 50.8 Å². The zero-order chi connectivity index (χ0) is 25.8. The Bertz CT molecular complexity index is 1020. The van der Waals surface area contributed by atoms with Gasteiger partial charge in [-0.2, -0.15) is 4.98 Å². The number of ether oxygens (including phenoxy) is 1. The average Bonchev–Trinajstić information content (AvgIpc) is 3.44. The standard InChI is InChI=1S/C22H35N5O7S/c1-5-15(17(28)19-25-20(26-34-19)22(2,3)4)23-18(29)16(13-35(31,32)12-14-6-7-14)24-21(30)27-8-10-33-11-9-27/h14-16H,5-13H2,1-4H3,(H,23,29)(H,24,30)/t15-,16+/m1/s1. The Hall–Kier alpha value is -2.54. The topological polar surface area (TPSA) is 161 Å². The number of morpholine rings is 1. The van der Waals surface area contributed by atoms with Crippen molar-refractivity contribution in [2.45, 2.75) is 64.5 Å². The van der Waals surface area contributed by atoms with Crippen LogP contribution < -0.4 is 10.6 Å². The summed E-state index contributed by atoms with van der Waals surface area (Å²) in [7, 11) is -3.61. The minimum atomic E-state index is -3.61. The number of hydrogen-bond donors (Lipinski definition) is 2. The second-order valence-electron chi connectivity index (χ2n) is 10.1. The number of rotatable bonds is 10. The molecule has 2 heterocycles. The van der Waals surface area contributed by atoms with Gasteiger partial charge in [-0.15, -0.1) is 0 Å². The molecule has 1 aromatic rings. The number of aromatic nitrogens is 2. The van der Waals surface area contributed by atoms with Gasteiger partial charge in [0.1, 0.15) is 6.04 Å². The van der Waals surface area contributed by atoms with Gasteiger partial charge in [0.15, 0.2) is 15.7 Å². The molecule has 1 saturated heterocycles. The lowest BCUT2D eigenvalue weighted by Crippen LogP contribution is -2.57. The van der Waals surface area contributed by atoms with E-state index in [0.29, 0.717) is 32.1 Å². The van der Waals surface area contributed by atoms with Crippen LogP contribution in [0.5, 0.6) is 0 Å². The van der Waals surface area contributed by atoms with Crippen molar-refractivity contribution in [1.82, 2.24) is 25.7 Å². The Morgan fingerprint density at radius 3 is 2.31 bits per heavy atom. The second kappa shape index (κ2) is 11.0. The molecule has 12 nitrogen and oxygen atoms in total. The van der Waals surface area contributed by atoms with Crippen LogP contribution in [-0.4, -0.2) is 91.1 Å². The highest BCUT2D eigenvalue weighted by Gasteiger charge is 2.36. The fourth-order valence-electron chi connectivity index (χ4n) is 3.56. The lowest BCUT2D eigenvalue weighted by atomic mass is 9.96. The Labute approximate surface area is 205 Å². The molecule has 3 rings (SSSR count). The fraction of sp³-hybridized carbons (Fsp3) is 0.773. The van der Waals surface area contributed by atoms with E-state index in [0.717, 1.165) is 12.8 Å². The summed E-state index contributed by atoms with van der Waals surface area (Å²) >= 11 is 0. The summed E-state index contributed by atoms with van der Waals surface area (Å²) in [5.74, 6) is -1.72. The number of hydrogen-bond acceptors (Lipinski definition) is 9. The maximum Gasteiger partial charge on any atom is 0.318 e. The lowest BCUT2D eigenvalue weighted by Gasteiger charge is -2.29. The van der Waals surface area contributed by atoms with Crippen molar-refractivity contribution in [2.75, 3.05) is 37.8 Å². The third-order valence-corrected chi connectivity index (χ3v) is 7.69. The largest absolute Gasteiger partial charge is 0.378 e. The number of carbonyl (C=O) groups is 3. The Morgan fingerprint density at radius 2 is 1.77 bits per heavy atom. The molecule has 0 spiro atoms. The third kappa shape index (κ3) is 7.72. The van der Waals surface area contributed by atoms with Gasteiger partial charge >= 0.3 is 6.03 Å². The van der Waals surface area contributed by atoms with E-state index in [2.05, 4.69) is 20.8 Å². The van der Waals surface area contributed by atoms with Crippen LogP contribution in [0.15, 0.2) is 4.52 Å². The average molecular weight is 514 g/mol. The van der Waals surface area contributed by atoms with Crippen LogP contribution in [0.2, 0.25) is 0 Å². The normalized spacial score (nSPS) is 18.6. The molecule has 0 unspecified atom stereocenters. The predicted octanol–water partition coefficient (Wildman–Crippen LogP) is 0.680. The summed E-state index contributed by atoms with van der Waals surface area (Å²) in [5.41, 5.74) is -0.433. The van der Waals surface area contributed by atoms with Crippen molar-refractivity contribution in [2.24, 2.45) is 5.92 Å². The predicted molar refractivity (Wildman–Crippen MR) is 126 cm³/mol. The molecule has 0 radical (unpaired) electrons. The van der Waals surface area contributed by atoms with Gasteiger partial charge in [-0.3, -0.25) is 9.59 Å². The summed E-state index contributed by atoms with van der Waals surface area (Å²) in [6.45, 7) is 8.68. The molecular formula is C22H35N5O7S. The van der Waals surface area contributed by atoms with E-state index in [4.69, 9.17) is 9.26 Å². The summed E-state index contributed by atoms with van der Waals surface area (Å²) in [6, 6.07) is -2.94. The zero-order valence-corrected chi connectivity index (χ0v) is 21.5. The quantitative estimate of drug-likeness (QED) is 0.429. The minimum Gasteiger partial charge on any atom is -0.378 e. The van der Waals surface area contributed by atoms with Crippen molar-refractivity contribution in [3.63, 3.8) is 0 Å². The molecule has 1 saturated carbocycles. The van der Waals surface area contributed by atoms with Gasteiger partial charge in [0.25, 0.3) is 5.89 Å². The van der Waals surface area contributed by atoms with Gasteiger partial charge in [0.2, 0.25) is 11.7 Å². The van der Waals surface area contributed by atoms with Crippen molar-refractivity contribution in [3.8, 4) is 0 Å². The van der Waals surface area contributed by atoms with Crippen LogP contribution in [0.25, 0.3) is 0 Å². The summed E-state index contributed by atoms with van der Waals surface area (Å²) in [4.78, 5) is 44.4. The molecular weight excluding hydrogens is 478 g/mol. The first-order chi connectivity index (χ1) is 16.4. The highest BCUT2D eigenvalue weighted by molar-refractivity contribution is 7.91. The van der Waals surface area contributed by atoms with Crippen LogP contribution in [0.4, 0.5) is 4.79 Å². The highest BCUT2D eigenvalue weighted by Crippen LogP contribution is 2.30. The molecule has 1 aliphatic heterocycles. The second-order valence-corrected chi connectivity index (χ2v) is 12.3. The van der Waals surface area contributed by atoms with E-state index >= 15 is 0 Å². The first-order valence-corrected chi connectivity index (χ1v) is 13.7. The summed E-state index contributed by atoms with van der Waals surface area (Å²) < 4.78 is 35.7. The van der Waals surface area contributed by atoms with Crippen LogP contribution in [0.3, 0.4) is 0 Å². The van der Waals surface area contributed by atoms with Crippen molar-refractivity contribution in [1.29, 1.82) is 0 Å². The van der Waals surface area contributed by atoms with Crippen LogP contribution in [-0.2, 0) is 24.8 Å². The van der Waals surface area contributed by atoms with E-state index in [1.807, 2.05) is 20.8 Å². The number of ketones is 1. The number of amides is 3. The number of carbonyl (C=O) groups excluding carboxylic acids is 3. The molecule has 1 aliphatic carbocycles. The Balaban J connectivity index is 1.73. The number of nitrogens with zero attached hydrogens (tertiary/aromatic N) is 3. The van der Waals surface area contributed by atoms with Crippen molar-refractivity contribution >= 4 is 27.6 Å². The van der Waals surface area contributed by atoms with Gasteiger partial charge in [-0.05, 0) is 25.2 Å². The number of nitrogens with one attached hydrogen (secondary N) is 2. The van der Waals surface area contributed by atoms with Crippen LogP contribution in [0, 0.1) is 5.92 Å². The molecule has 3 amide bonds. The zero-order valence-electron chi connectivity index (χ0n) is 20.7. The number of sulfone groups is 1. The smallest absolute Gasteiger partial charge is 0.318 e. The highest BCUT2D eigenvalue weighted by atomic mass is 32.2. The van der Waals surface area contributed by atoms with E-state index in [-0.39, 0.29) is 24.0 Å².